The summed E-state index contributed by atoms with van der Waals surface area (Å²) in [7, 11) is 0. The Morgan fingerprint density at radius 1 is 1.14 bits per heavy atom. The highest BCUT2D eigenvalue weighted by Gasteiger charge is 1.81. The van der Waals surface area contributed by atoms with Gasteiger partial charge in [0, 0.05) is 5.33 Å². The Kier molecular flexibility index (Phi) is 6.92. The molecule has 0 spiro atoms. The zero-order chi connectivity index (χ0) is 5.54. The highest BCUT2D eigenvalue weighted by Crippen LogP contribution is 1.99. The third-order valence-electron chi connectivity index (χ3n) is 0.987. The van der Waals surface area contributed by atoms with Crippen molar-refractivity contribution in [1.82, 2.24) is 0 Å². The maximum Gasteiger partial charge on any atom is 0.00313 e. The summed E-state index contributed by atoms with van der Waals surface area (Å²) in [6, 6.07) is 0. The van der Waals surface area contributed by atoms with E-state index in [0.717, 1.165) is 0 Å². The zero-order valence-corrected chi connectivity index (χ0v) is 6.50. The van der Waals surface area contributed by atoms with Crippen molar-refractivity contribution in [3.8, 4) is 0 Å². The van der Waals surface area contributed by atoms with Crippen molar-refractivity contribution in [1.29, 1.82) is 0 Å². The lowest BCUT2D eigenvalue weighted by Crippen LogP contribution is -1.73. The van der Waals surface area contributed by atoms with E-state index in [1.165, 1.54) is 31.0 Å². The van der Waals surface area contributed by atoms with E-state index >= 15 is 0 Å². The lowest BCUT2D eigenvalue weighted by atomic mass is 10.2. The Hall–Kier alpha value is 0.480. The monoisotopic (exact) mass is 165 g/mol. The first kappa shape index (κ1) is 7.48. The summed E-state index contributed by atoms with van der Waals surface area (Å²) in [5, 5.41) is 1.17. The Bertz CT molecular complexity index is 23.4. The van der Waals surface area contributed by atoms with E-state index in [1.54, 1.807) is 0 Å². The van der Waals surface area contributed by atoms with Gasteiger partial charge >= 0.3 is 0 Å². The van der Waals surface area contributed by atoms with Crippen LogP contribution in [0.15, 0.2) is 0 Å². The third-order valence-corrected chi connectivity index (χ3v) is 1.55. The van der Waals surface area contributed by atoms with Gasteiger partial charge in [0.05, 0.1) is 0 Å². The largest absolute Gasteiger partial charge is 0.0928 e. The molecule has 0 amide bonds. The van der Waals surface area contributed by atoms with Crippen molar-refractivity contribution in [3.63, 3.8) is 0 Å². The Morgan fingerprint density at radius 2 is 1.86 bits per heavy atom. The molecule has 0 bridgehead atoms. The molecule has 0 nitrogen and oxygen atoms in total. The van der Waals surface area contributed by atoms with Crippen LogP contribution in [0.25, 0.3) is 0 Å². The van der Waals surface area contributed by atoms with E-state index in [4.69, 9.17) is 0 Å². The molecule has 0 heterocycles. The van der Waals surface area contributed by atoms with Crippen LogP contribution in [0.1, 0.15) is 32.6 Å². The average molecular weight is 166 g/mol. The molecule has 0 aromatic heterocycles. The quantitative estimate of drug-likeness (QED) is 0.342. The number of hydrogen-bond donors (Lipinski definition) is 0. The SMILES string of the molecule is [13CH3]CCCCCBr. The van der Waals surface area contributed by atoms with Gasteiger partial charge in [-0.25, -0.2) is 0 Å². The third kappa shape index (κ3) is 6.48. The number of alkyl halides is 1. The first-order valence-electron chi connectivity index (χ1n) is 2.97. The lowest BCUT2D eigenvalue weighted by molar-refractivity contribution is 0.708. The predicted molar refractivity (Wildman–Crippen MR) is 37.9 cm³/mol. The molecule has 0 aromatic carbocycles. The zero-order valence-electron chi connectivity index (χ0n) is 4.91. The fraction of sp³-hybridized carbons (Fsp3) is 1.00. The van der Waals surface area contributed by atoms with E-state index < -0.39 is 0 Å². The van der Waals surface area contributed by atoms with Gasteiger partial charge in [-0.2, -0.15) is 0 Å². The highest BCUT2D eigenvalue weighted by molar-refractivity contribution is 9.09. The molecule has 0 aliphatic rings. The minimum absolute atomic E-state index is 1.17. The average Bonchev–Trinajstić information content (AvgIpc) is 1.69. The molecule has 0 saturated carbocycles. The van der Waals surface area contributed by atoms with Crippen LogP contribution in [0, 0.1) is 0 Å². The van der Waals surface area contributed by atoms with Gasteiger partial charge in [0.25, 0.3) is 0 Å². The van der Waals surface area contributed by atoms with Crippen LogP contribution in [0.5, 0.6) is 0 Å². The molecule has 0 rings (SSSR count). The van der Waals surface area contributed by atoms with Gasteiger partial charge in [-0.15, -0.1) is 0 Å². The summed E-state index contributed by atoms with van der Waals surface area (Å²) in [6.07, 6.45) is 5.47. The van der Waals surface area contributed by atoms with E-state index in [1.807, 2.05) is 0 Å². The predicted octanol–water partition coefficient (Wildman–Crippen LogP) is 2.96. The van der Waals surface area contributed by atoms with Crippen molar-refractivity contribution in [2.45, 2.75) is 32.6 Å². The van der Waals surface area contributed by atoms with Crippen LogP contribution in [0.3, 0.4) is 0 Å². The molecule has 0 aromatic rings. The molecular weight excluding hydrogens is 153 g/mol. The Morgan fingerprint density at radius 3 is 2.29 bits per heavy atom. The van der Waals surface area contributed by atoms with Gasteiger partial charge in [-0.05, 0) is 6.42 Å². The molecule has 0 saturated heterocycles. The number of hydrogen-bond acceptors (Lipinski definition) is 0. The summed E-state index contributed by atoms with van der Waals surface area (Å²) >= 11 is 3.38. The molecule has 0 unspecified atom stereocenters. The molecule has 0 atom stereocenters. The molecule has 0 fully saturated rings. The van der Waals surface area contributed by atoms with Crippen molar-refractivity contribution in [3.05, 3.63) is 0 Å². The summed E-state index contributed by atoms with van der Waals surface area (Å²) in [6.45, 7) is 2.23. The first-order valence-corrected chi connectivity index (χ1v) is 4.10. The Balaban J connectivity index is 2.45. The van der Waals surface area contributed by atoms with Crippen molar-refractivity contribution < 1.29 is 0 Å². The van der Waals surface area contributed by atoms with Crippen LogP contribution in [0.2, 0.25) is 0 Å². The van der Waals surface area contributed by atoms with Crippen LogP contribution in [0.4, 0.5) is 0 Å². The summed E-state index contributed by atoms with van der Waals surface area (Å²) in [5.41, 5.74) is 0. The van der Waals surface area contributed by atoms with Crippen molar-refractivity contribution >= 4 is 15.9 Å². The summed E-state index contributed by atoms with van der Waals surface area (Å²) < 4.78 is 0. The standard InChI is InChI=1S/C6H13Br/c1-2-3-4-5-6-7/h2-6H2,1H3/i1+1. The van der Waals surface area contributed by atoms with E-state index in [-0.39, 0.29) is 0 Å². The van der Waals surface area contributed by atoms with E-state index in [2.05, 4.69) is 22.9 Å². The van der Waals surface area contributed by atoms with Gasteiger partial charge in [-0.3, -0.25) is 0 Å². The topological polar surface area (TPSA) is 0 Å². The van der Waals surface area contributed by atoms with E-state index in [9.17, 15) is 0 Å². The second-order valence-corrected chi connectivity index (χ2v) is 2.54. The lowest BCUT2D eigenvalue weighted by Gasteiger charge is -1.89. The Labute approximate surface area is 54.4 Å². The molecule has 0 aliphatic heterocycles. The summed E-state index contributed by atoms with van der Waals surface area (Å²) in [5.74, 6) is 0. The van der Waals surface area contributed by atoms with Crippen molar-refractivity contribution in [2.24, 2.45) is 0 Å². The second-order valence-electron chi connectivity index (χ2n) is 1.75. The van der Waals surface area contributed by atoms with Crippen molar-refractivity contribution in [2.75, 3.05) is 5.33 Å². The normalized spacial score (nSPS) is 9.43. The highest BCUT2D eigenvalue weighted by atomic mass is 79.9. The van der Waals surface area contributed by atoms with Gasteiger partial charge in [0.2, 0.25) is 0 Å². The number of halogens is 1. The minimum Gasteiger partial charge on any atom is -0.0928 e. The van der Waals surface area contributed by atoms with Crippen LogP contribution in [-0.2, 0) is 0 Å². The van der Waals surface area contributed by atoms with E-state index in [0.29, 0.717) is 0 Å². The summed E-state index contributed by atoms with van der Waals surface area (Å²) in [4.78, 5) is 0. The van der Waals surface area contributed by atoms with Crippen LogP contribution < -0.4 is 0 Å². The molecule has 0 radical (unpaired) electrons. The second kappa shape index (κ2) is 6.48. The number of unbranched alkanes of at least 4 members (excludes halogenated alkanes) is 3. The molecule has 7 heavy (non-hydrogen) atoms. The molecule has 0 aliphatic carbocycles. The van der Waals surface area contributed by atoms with Gasteiger partial charge in [0.1, 0.15) is 0 Å². The molecule has 1 heteroatoms. The van der Waals surface area contributed by atoms with Crippen LogP contribution >= 0.6 is 15.9 Å². The number of rotatable bonds is 4. The van der Waals surface area contributed by atoms with Crippen LogP contribution in [-0.4, -0.2) is 5.33 Å². The maximum absolute atomic E-state index is 3.38. The molecule has 0 N–H and O–H groups in total. The van der Waals surface area contributed by atoms with Gasteiger partial charge < -0.3 is 0 Å². The smallest absolute Gasteiger partial charge is 0.00313 e. The molecule has 44 valence electrons. The fourth-order valence-corrected chi connectivity index (χ4v) is 0.918. The molecular formula is C6H13Br. The first-order chi connectivity index (χ1) is 3.41. The minimum atomic E-state index is 1.17. The van der Waals surface area contributed by atoms with Gasteiger partial charge in [0.15, 0.2) is 0 Å². The maximum atomic E-state index is 3.38. The fourth-order valence-electron chi connectivity index (χ4n) is 0.521. The van der Waals surface area contributed by atoms with Gasteiger partial charge in [-0.1, -0.05) is 42.1 Å².